The summed E-state index contributed by atoms with van der Waals surface area (Å²) >= 11 is 0. The van der Waals surface area contributed by atoms with Crippen molar-refractivity contribution in [2.45, 2.75) is 24.3 Å². The minimum atomic E-state index is -3.64. The zero-order chi connectivity index (χ0) is 15.5. The van der Waals surface area contributed by atoms with Gasteiger partial charge in [-0.05, 0) is 55.3 Å². The Morgan fingerprint density at radius 1 is 1.10 bits per heavy atom. The lowest BCUT2D eigenvalue weighted by atomic mass is 10.1. The van der Waals surface area contributed by atoms with Crippen LogP contribution in [0.2, 0.25) is 0 Å². The molecule has 0 aliphatic rings. The monoisotopic (exact) mass is 309 g/mol. The Kier molecular flexibility index (Phi) is 4.59. The van der Waals surface area contributed by atoms with Crippen molar-refractivity contribution in [3.63, 3.8) is 0 Å². The Labute approximate surface area is 123 Å². The zero-order valence-electron chi connectivity index (χ0n) is 11.5. The van der Waals surface area contributed by atoms with E-state index in [-0.39, 0.29) is 22.5 Å². The number of phenolic OH excluding ortho intramolecular Hbond substituents is 1. The maximum absolute atomic E-state index is 12.8. The van der Waals surface area contributed by atoms with Gasteiger partial charge in [0, 0.05) is 6.04 Å². The third-order valence-corrected chi connectivity index (χ3v) is 4.56. The van der Waals surface area contributed by atoms with Gasteiger partial charge < -0.3 is 5.11 Å². The number of sulfonamides is 1. The molecule has 0 saturated heterocycles. The first-order chi connectivity index (χ1) is 9.87. The Morgan fingerprint density at radius 2 is 1.67 bits per heavy atom. The second-order valence-electron chi connectivity index (χ2n) is 4.85. The highest BCUT2D eigenvalue weighted by Gasteiger charge is 2.17. The fourth-order valence-electron chi connectivity index (χ4n) is 1.97. The molecule has 0 spiro atoms. The normalized spacial score (nSPS) is 13.0. The predicted octanol–water partition coefficient (Wildman–Crippen LogP) is 2.44. The first-order valence-corrected chi connectivity index (χ1v) is 7.91. The van der Waals surface area contributed by atoms with E-state index >= 15 is 0 Å². The molecular formula is C15H16FNO3S. The van der Waals surface area contributed by atoms with Crippen LogP contribution in [0.5, 0.6) is 5.75 Å². The molecule has 0 fully saturated rings. The van der Waals surface area contributed by atoms with Crippen LogP contribution >= 0.6 is 0 Å². The van der Waals surface area contributed by atoms with Crippen molar-refractivity contribution in [3.8, 4) is 5.75 Å². The molecule has 2 rings (SSSR count). The van der Waals surface area contributed by atoms with Crippen LogP contribution in [0.1, 0.15) is 12.5 Å². The number of rotatable bonds is 5. The van der Waals surface area contributed by atoms with Gasteiger partial charge in [-0.25, -0.2) is 17.5 Å². The molecule has 0 saturated carbocycles. The number of aromatic hydroxyl groups is 1. The average molecular weight is 309 g/mol. The van der Waals surface area contributed by atoms with E-state index in [1.165, 1.54) is 36.4 Å². The molecule has 2 N–H and O–H groups in total. The van der Waals surface area contributed by atoms with Crippen LogP contribution in [0, 0.1) is 5.82 Å². The van der Waals surface area contributed by atoms with E-state index in [0.29, 0.717) is 6.42 Å². The maximum Gasteiger partial charge on any atom is 0.240 e. The predicted molar refractivity (Wildman–Crippen MR) is 78.0 cm³/mol. The van der Waals surface area contributed by atoms with Crippen LogP contribution in [0.15, 0.2) is 53.4 Å². The van der Waals surface area contributed by atoms with Crippen molar-refractivity contribution in [3.05, 3.63) is 59.9 Å². The van der Waals surface area contributed by atoms with Crippen molar-refractivity contribution in [1.29, 1.82) is 0 Å². The Balaban J connectivity index is 2.05. The fourth-order valence-corrected chi connectivity index (χ4v) is 3.22. The van der Waals surface area contributed by atoms with E-state index in [1.54, 1.807) is 19.1 Å². The van der Waals surface area contributed by atoms with Crippen LogP contribution in [0.3, 0.4) is 0 Å². The molecule has 0 aliphatic heterocycles. The van der Waals surface area contributed by atoms with Gasteiger partial charge in [0.25, 0.3) is 0 Å². The van der Waals surface area contributed by atoms with Crippen LogP contribution in [-0.4, -0.2) is 19.6 Å². The highest BCUT2D eigenvalue weighted by molar-refractivity contribution is 7.89. The Bertz CT molecular complexity index is 697. The summed E-state index contributed by atoms with van der Waals surface area (Å²) in [4.78, 5) is 0.0891. The minimum absolute atomic E-state index is 0.00770. The summed E-state index contributed by atoms with van der Waals surface area (Å²) in [7, 11) is -3.64. The van der Waals surface area contributed by atoms with E-state index < -0.39 is 10.0 Å². The van der Waals surface area contributed by atoms with Gasteiger partial charge >= 0.3 is 0 Å². The summed E-state index contributed by atoms with van der Waals surface area (Å²) in [5.41, 5.74) is 0.845. The second-order valence-corrected chi connectivity index (χ2v) is 6.56. The number of hydrogen-bond donors (Lipinski definition) is 2. The standard InChI is InChI=1S/C15H16FNO3S/c1-11(10-12-2-4-13(16)5-3-12)17-21(19,20)15-8-6-14(18)7-9-15/h2-9,11,17-18H,10H2,1H3. The van der Waals surface area contributed by atoms with Crippen molar-refractivity contribution < 1.29 is 17.9 Å². The topological polar surface area (TPSA) is 66.4 Å². The van der Waals surface area contributed by atoms with E-state index in [4.69, 9.17) is 0 Å². The number of phenols is 1. The molecular weight excluding hydrogens is 293 g/mol. The largest absolute Gasteiger partial charge is 0.508 e. The molecule has 0 bridgehead atoms. The number of halogens is 1. The second kappa shape index (κ2) is 6.24. The molecule has 6 heteroatoms. The Morgan fingerprint density at radius 3 is 2.24 bits per heavy atom. The summed E-state index contributed by atoms with van der Waals surface area (Å²) in [6.45, 7) is 1.74. The molecule has 112 valence electrons. The van der Waals surface area contributed by atoms with Crippen LogP contribution in [0.25, 0.3) is 0 Å². The van der Waals surface area contributed by atoms with Crippen LogP contribution in [0.4, 0.5) is 4.39 Å². The van der Waals surface area contributed by atoms with Gasteiger partial charge in [0.1, 0.15) is 11.6 Å². The molecule has 0 aromatic heterocycles. The number of nitrogens with one attached hydrogen (secondary N) is 1. The summed E-state index contributed by atoms with van der Waals surface area (Å²) in [5, 5.41) is 9.18. The van der Waals surface area contributed by atoms with Gasteiger partial charge in [0.05, 0.1) is 4.90 Å². The lowest BCUT2D eigenvalue weighted by Gasteiger charge is -2.14. The van der Waals surface area contributed by atoms with Gasteiger partial charge in [-0.15, -0.1) is 0 Å². The van der Waals surface area contributed by atoms with E-state index in [9.17, 15) is 17.9 Å². The molecule has 0 aliphatic carbocycles. The molecule has 0 amide bonds. The number of benzene rings is 2. The highest BCUT2D eigenvalue weighted by atomic mass is 32.2. The van der Waals surface area contributed by atoms with Crippen molar-refractivity contribution in [2.24, 2.45) is 0 Å². The molecule has 2 aromatic rings. The van der Waals surface area contributed by atoms with E-state index in [0.717, 1.165) is 5.56 Å². The summed E-state index contributed by atoms with van der Waals surface area (Å²) in [5.74, 6) is -0.315. The lowest BCUT2D eigenvalue weighted by molar-refractivity contribution is 0.474. The summed E-state index contributed by atoms with van der Waals surface area (Å²) in [6.07, 6.45) is 0.456. The number of hydrogen-bond acceptors (Lipinski definition) is 3. The van der Waals surface area contributed by atoms with E-state index in [2.05, 4.69) is 4.72 Å². The SMILES string of the molecule is CC(Cc1ccc(F)cc1)NS(=O)(=O)c1ccc(O)cc1. The first kappa shape index (κ1) is 15.5. The lowest BCUT2D eigenvalue weighted by Crippen LogP contribution is -2.34. The third kappa shape index (κ3) is 4.27. The molecule has 4 nitrogen and oxygen atoms in total. The van der Waals surface area contributed by atoms with Gasteiger partial charge in [0.2, 0.25) is 10.0 Å². The van der Waals surface area contributed by atoms with Crippen LogP contribution in [-0.2, 0) is 16.4 Å². The highest BCUT2D eigenvalue weighted by Crippen LogP contribution is 2.15. The third-order valence-electron chi connectivity index (χ3n) is 2.96. The van der Waals surface area contributed by atoms with Gasteiger partial charge in [-0.2, -0.15) is 0 Å². The summed E-state index contributed by atoms with van der Waals surface area (Å²) < 4.78 is 39.7. The van der Waals surface area contributed by atoms with Crippen LogP contribution < -0.4 is 4.72 Å². The average Bonchev–Trinajstić information content (AvgIpc) is 2.41. The van der Waals surface area contributed by atoms with Crippen molar-refractivity contribution in [2.75, 3.05) is 0 Å². The molecule has 1 unspecified atom stereocenters. The fraction of sp³-hybridized carbons (Fsp3) is 0.200. The smallest absolute Gasteiger partial charge is 0.240 e. The minimum Gasteiger partial charge on any atom is -0.508 e. The summed E-state index contributed by atoms with van der Waals surface area (Å²) in [6, 6.07) is 10.9. The molecule has 0 radical (unpaired) electrons. The maximum atomic E-state index is 12.8. The van der Waals surface area contributed by atoms with Gasteiger partial charge in [-0.1, -0.05) is 12.1 Å². The zero-order valence-corrected chi connectivity index (χ0v) is 12.3. The van der Waals surface area contributed by atoms with Gasteiger partial charge in [-0.3, -0.25) is 0 Å². The quantitative estimate of drug-likeness (QED) is 0.891. The van der Waals surface area contributed by atoms with Crippen molar-refractivity contribution >= 4 is 10.0 Å². The molecule has 1 atom stereocenters. The van der Waals surface area contributed by atoms with E-state index in [1.807, 2.05) is 0 Å². The van der Waals surface area contributed by atoms with Crippen molar-refractivity contribution in [1.82, 2.24) is 4.72 Å². The molecule has 0 heterocycles. The molecule has 2 aromatic carbocycles. The Hall–Kier alpha value is -1.92. The van der Waals surface area contributed by atoms with Gasteiger partial charge in [0.15, 0.2) is 0 Å². The molecule has 21 heavy (non-hydrogen) atoms. The first-order valence-electron chi connectivity index (χ1n) is 6.42.